The minimum absolute atomic E-state index is 0.0176. The molecule has 2 aromatic heterocycles. The van der Waals surface area contributed by atoms with Crippen LogP contribution in [-0.2, 0) is 18.2 Å². The van der Waals surface area contributed by atoms with Gasteiger partial charge in [-0.25, -0.2) is 9.37 Å². The van der Waals surface area contributed by atoms with Gasteiger partial charge >= 0.3 is 0 Å². The molecule has 3 heterocycles. The van der Waals surface area contributed by atoms with Crippen molar-refractivity contribution >= 4 is 5.95 Å². The fourth-order valence-corrected chi connectivity index (χ4v) is 4.57. The van der Waals surface area contributed by atoms with Crippen molar-refractivity contribution in [2.75, 3.05) is 25.2 Å². The zero-order chi connectivity index (χ0) is 21.5. The summed E-state index contributed by atoms with van der Waals surface area (Å²) in [6.07, 6.45) is 4.24. The number of rotatable bonds is 3. The second-order valence-corrected chi connectivity index (χ2v) is 7.85. The average Bonchev–Trinajstić information content (AvgIpc) is 2.80. The maximum Gasteiger partial charge on any atom is 0.255 e. The molecule has 8 heteroatoms. The van der Waals surface area contributed by atoms with Gasteiger partial charge in [0, 0.05) is 31.4 Å². The molecule has 3 aromatic rings. The number of nitrogens with zero attached hydrogens (tertiary/aromatic N) is 4. The summed E-state index contributed by atoms with van der Waals surface area (Å²) in [7, 11) is 3.35. The molecule has 1 saturated heterocycles. The Labute approximate surface area is 179 Å². The highest BCUT2D eigenvalue weighted by Gasteiger charge is 2.39. The summed E-state index contributed by atoms with van der Waals surface area (Å²) in [6, 6.07) is 9.01. The van der Waals surface area contributed by atoms with Crippen LogP contribution in [0, 0.1) is 5.82 Å². The molecule has 0 radical (unpaired) electrons. The highest BCUT2D eigenvalue weighted by molar-refractivity contribution is 5.60. The molecule has 0 saturated carbocycles. The highest BCUT2D eigenvalue weighted by Crippen LogP contribution is 2.40. The number of fused-ring (bicyclic) bond motifs is 3. The summed E-state index contributed by atoms with van der Waals surface area (Å²) in [5.41, 5.74) is 2.69. The van der Waals surface area contributed by atoms with E-state index in [-0.39, 0.29) is 23.3 Å². The first-order valence-corrected chi connectivity index (χ1v) is 10.3. The molecule has 2 atom stereocenters. The fourth-order valence-electron chi connectivity index (χ4n) is 4.57. The number of aromatic nitrogens is 3. The first kappa shape index (κ1) is 19.7. The third-order valence-corrected chi connectivity index (χ3v) is 6.16. The predicted octanol–water partition coefficient (Wildman–Crippen LogP) is 2.88. The SMILES string of the molecule is COc1ccc2c(c1)[C@@H]1OCCN(c3nc(-c4ccncc4F)cc(=O)n3C)[C@H]1CC2. The molecule has 7 nitrogen and oxygen atoms in total. The highest BCUT2D eigenvalue weighted by atomic mass is 19.1. The molecule has 1 aromatic carbocycles. The van der Waals surface area contributed by atoms with E-state index in [0.29, 0.717) is 24.8 Å². The lowest BCUT2D eigenvalue weighted by molar-refractivity contribution is 0.00164. The molecular formula is C23H23FN4O3. The number of aryl methyl sites for hydroxylation is 1. The van der Waals surface area contributed by atoms with E-state index in [1.54, 1.807) is 14.2 Å². The van der Waals surface area contributed by atoms with E-state index < -0.39 is 5.82 Å². The van der Waals surface area contributed by atoms with E-state index in [1.165, 1.54) is 28.5 Å². The minimum atomic E-state index is -0.507. The second-order valence-electron chi connectivity index (χ2n) is 7.85. The van der Waals surface area contributed by atoms with Crippen molar-refractivity contribution in [1.29, 1.82) is 0 Å². The van der Waals surface area contributed by atoms with Crippen molar-refractivity contribution in [3.8, 4) is 17.0 Å². The van der Waals surface area contributed by atoms with Gasteiger partial charge in [-0.2, -0.15) is 0 Å². The van der Waals surface area contributed by atoms with Crippen LogP contribution in [0.3, 0.4) is 0 Å². The Morgan fingerprint density at radius 3 is 2.94 bits per heavy atom. The van der Waals surface area contributed by atoms with Crippen LogP contribution in [0.5, 0.6) is 5.75 Å². The van der Waals surface area contributed by atoms with Gasteiger partial charge in [-0.15, -0.1) is 0 Å². The molecule has 0 bridgehead atoms. The summed E-state index contributed by atoms with van der Waals surface area (Å²) < 4.78 is 27.4. The van der Waals surface area contributed by atoms with Gasteiger partial charge in [0.25, 0.3) is 5.56 Å². The minimum Gasteiger partial charge on any atom is -0.497 e. The van der Waals surface area contributed by atoms with Crippen LogP contribution in [0.4, 0.5) is 10.3 Å². The number of halogens is 1. The van der Waals surface area contributed by atoms with E-state index in [0.717, 1.165) is 30.4 Å². The van der Waals surface area contributed by atoms with Crippen LogP contribution in [0.1, 0.15) is 23.7 Å². The number of ether oxygens (including phenoxy) is 2. The van der Waals surface area contributed by atoms with Crippen molar-refractivity contribution in [3.05, 3.63) is 70.0 Å². The number of methoxy groups -OCH3 is 1. The lowest BCUT2D eigenvalue weighted by Crippen LogP contribution is -2.51. The van der Waals surface area contributed by atoms with Crippen LogP contribution in [0.15, 0.2) is 47.5 Å². The molecular weight excluding hydrogens is 399 g/mol. The van der Waals surface area contributed by atoms with Gasteiger partial charge < -0.3 is 14.4 Å². The largest absolute Gasteiger partial charge is 0.497 e. The quantitative estimate of drug-likeness (QED) is 0.647. The monoisotopic (exact) mass is 422 g/mol. The number of anilines is 1. The van der Waals surface area contributed by atoms with E-state index in [4.69, 9.17) is 14.5 Å². The molecule has 31 heavy (non-hydrogen) atoms. The molecule has 1 aliphatic carbocycles. The van der Waals surface area contributed by atoms with Gasteiger partial charge in [0.15, 0.2) is 5.82 Å². The molecule has 0 amide bonds. The van der Waals surface area contributed by atoms with Crippen molar-refractivity contribution in [2.24, 2.45) is 7.05 Å². The van der Waals surface area contributed by atoms with Gasteiger partial charge in [0.2, 0.25) is 5.95 Å². The normalized spacial score (nSPS) is 20.2. The van der Waals surface area contributed by atoms with E-state index >= 15 is 0 Å². The maximum atomic E-state index is 14.3. The number of benzene rings is 1. The average molecular weight is 422 g/mol. The van der Waals surface area contributed by atoms with Gasteiger partial charge in [0.1, 0.15) is 11.9 Å². The van der Waals surface area contributed by atoms with Crippen LogP contribution < -0.4 is 15.2 Å². The van der Waals surface area contributed by atoms with E-state index in [9.17, 15) is 9.18 Å². The van der Waals surface area contributed by atoms with Gasteiger partial charge in [0.05, 0.1) is 31.6 Å². The standard InChI is InChI=1S/C23H23FN4O3/c1-27-21(29)12-19(16-7-8-25-13-18(16)24)26-23(27)28-9-10-31-22-17-11-15(30-2)5-3-14(17)4-6-20(22)28/h3,5,7-8,11-13,20,22H,4,6,9-10H2,1-2H3/t20-,22-/m0/s1. The topological polar surface area (TPSA) is 69.5 Å². The number of pyridine rings is 1. The first-order chi connectivity index (χ1) is 15.1. The van der Waals surface area contributed by atoms with Gasteiger partial charge in [-0.1, -0.05) is 6.07 Å². The lowest BCUT2D eigenvalue weighted by atomic mass is 9.84. The smallest absolute Gasteiger partial charge is 0.255 e. The summed E-state index contributed by atoms with van der Waals surface area (Å²) >= 11 is 0. The number of morpholine rings is 1. The molecule has 5 rings (SSSR count). The zero-order valence-corrected chi connectivity index (χ0v) is 17.4. The summed E-state index contributed by atoms with van der Waals surface area (Å²) in [5, 5.41) is 0. The van der Waals surface area contributed by atoms with Crippen LogP contribution in [0.2, 0.25) is 0 Å². The zero-order valence-electron chi connectivity index (χ0n) is 17.4. The Hall–Kier alpha value is -3.26. The Bertz CT molecular complexity index is 1200. The Kier molecular flexibility index (Phi) is 4.94. The Balaban J connectivity index is 1.58. The Morgan fingerprint density at radius 1 is 1.26 bits per heavy atom. The molecule has 0 N–H and O–H groups in total. The molecule has 0 unspecified atom stereocenters. The number of hydrogen-bond donors (Lipinski definition) is 0. The van der Waals surface area contributed by atoms with Gasteiger partial charge in [-0.05, 0) is 42.2 Å². The lowest BCUT2D eigenvalue weighted by Gasteiger charge is -2.45. The number of hydrogen-bond acceptors (Lipinski definition) is 6. The van der Waals surface area contributed by atoms with Crippen molar-refractivity contribution in [2.45, 2.75) is 25.0 Å². The van der Waals surface area contributed by atoms with Crippen LogP contribution in [0.25, 0.3) is 11.3 Å². The third kappa shape index (κ3) is 3.37. The summed E-state index contributed by atoms with van der Waals surface area (Å²) in [5.74, 6) is 0.803. The first-order valence-electron chi connectivity index (χ1n) is 10.3. The van der Waals surface area contributed by atoms with Crippen LogP contribution in [-0.4, -0.2) is 40.8 Å². The fraction of sp³-hybridized carbons (Fsp3) is 0.348. The Morgan fingerprint density at radius 2 is 2.13 bits per heavy atom. The second kappa shape index (κ2) is 7.77. The van der Waals surface area contributed by atoms with E-state index in [1.807, 2.05) is 12.1 Å². The maximum absolute atomic E-state index is 14.3. The summed E-state index contributed by atoms with van der Waals surface area (Å²) in [4.78, 5) is 23.4. The molecule has 160 valence electrons. The van der Waals surface area contributed by atoms with Crippen LogP contribution >= 0.6 is 0 Å². The molecule has 1 aliphatic heterocycles. The predicted molar refractivity (Wildman–Crippen MR) is 114 cm³/mol. The van der Waals surface area contributed by atoms with Crippen molar-refractivity contribution in [3.63, 3.8) is 0 Å². The van der Waals surface area contributed by atoms with Gasteiger partial charge in [-0.3, -0.25) is 14.3 Å². The van der Waals surface area contributed by atoms with Crippen molar-refractivity contribution < 1.29 is 13.9 Å². The summed E-state index contributed by atoms with van der Waals surface area (Å²) in [6.45, 7) is 1.10. The van der Waals surface area contributed by atoms with Crippen molar-refractivity contribution in [1.82, 2.24) is 14.5 Å². The molecule has 1 fully saturated rings. The third-order valence-electron chi connectivity index (χ3n) is 6.16. The molecule has 2 aliphatic rings. The van der Waals surface area contributed by atoms with E-state index in [2.05, 4.69) is 16.0 Å². The molecule has 0 spiro atoms.